The number of benzene rings is 3. The van der Waals surface area contributed by atoms with E-state index in [-0.39, 0.29) is 10.8 Å². The highest BCUT2D eigenvalue weighted by atomic mass is 14.9. The summed E-state index contributed by atoms with van der Waals surface area (Å²) in [6.45, 7) is 23.0. The topological polar surface area (TPSA) is 12.0 Å². The third kappa shape index (κ3) is 6.12. The largest absolute Gasteiger partial charge is 0.356 e. The van der Waals surface area contributed by atoms with Crippen LogP contribution in [0, 0.1) is 11.3 Å². The molecule has 4 rings (SSSR count). The van der Waals surface area contributed by atoms with Gasteiger partial charge in [0.25, 0.3) is 0 Å². The fourth-order valence-electron chi connectivity index (χ4n) is 5.93. The first kappa shape index (κ1) is 26.3. The van der Waals surface area contributed by atoms with Crippen LogP contribution in [0.4, 0.5) is 11.4 Å². The summed E-state index contributed by atoms with van der Waals surface area (Å²) in [5, 5.41) is 3.57. The Morgan fingerprint density at radius 1 is 0.722 bits per heavy atom. The molecule has 36 heavy (non-hydrogen) atoms. The molecule has 0 saturated carbocycles. The van der Waals surface area contributed by atoms with E-state index in [1.165, 1.54) is 33.4 Å². The molecule has 190 valence electrons. The standard InChI is InChI=1S/C35H45N/c1-24(27-20-26-10-13-30(34(5,6)7)22-28(26)21-27)25-11-16-31(17-12-25)36-32-18-14-29(15-19-32)35(8,9)23-33(2,3)4/h10-19,22,27,36H,1,20-21,23H2,2-9H3. The smallest absolute Gasteiger partial charge is 0.0384 e. The summed E-state index contributed by atoms with van der Waals surface area (Å²) >= 11 is 0. The third-order valence-electron chi connectivity index (χ3n) is 7.68. The minimum Gasteiger partial charge on any atom is -0.356 e. The molecule has 0 amide bonds. The van der Waals surface area contributed by atoms with Gasteiger partial charge in [-0.2, -0.15) is 0 Å². The Kier molecular flexibility index (Phi) is 6.99. The minimum absolute atomic E-state index is 0.160. The Morgan fingerprint density at radius 2 is 1.25 bits per heavy atom. The quantitative estimate of drug-likeness (QED) is 0.371. The average molecular weight is 480 g/mol. The lowest BCUT2D eigenvalue weighted by atomic mass is 9.72. The lowest BCUT2D eigenvalue weighted by Gasteiger charge is -2.33. The summed E-state index contributed by atoms with van der Waals surface area (Å²) < 4.78 is 0. The molecule has 1 aliphatic carbocycles. The first-order valence-electron chi connectivity index (χ1n) is 13.5. The van der Waals surface area contributed by atoms with Crippen molar-refractivity contribution in [1.29, 1.82) is 0 Å². The Morgan fingerprint density at radius 3 is 1.81 bits per heavy atom. The highest BCUT2D eigenvalue weighted by molar-refractivity contribution is 5.70. The van der Waals surface area contributed by atoms with E-state index in [1.54, 1.807) is 0 Å². The fraction of sp³-hybridized carbons (Fsp3) is 0.429. The predicted molar refractivity (Wildman–Crippen MR) is 158 cm³/mol. The molecule has 0 radical (unpaired) electrons. The van der Waals surface area contributed by atoms with Gasteiger partial charge in [-0.15, -0.1) is 0 Å². The van der Waals surface area contributed by atoms with E-state index in [0.717, 1.165) is 30.6 Å². The van der Waals surface area contributed by atoms with Crippen LogP contribution in [0.3, 0.4) is 0 Å². The van der Waals surface area contributed by atoms with Crippen LogP contribution in [0.1, 0.15) is 89.6 Å². The number of hydrogen-bond acceptors (Lipinski definition) is 1. The van der Waals surface area contributed by atoms with Crippen LogP contribution >= 0.6 is 0 Å². The number of anilines is 2. The van der Waals surface area contributed by atoms with E-state index in [1.807, 2.05) is 0 Å². The van der Waals surface area contributed by atoms with Gasteiger partial charge in [0.05, 0.1) is 0 Å². The molecule has 3 aromatic carbocycles. The number of allylic oxidation sites excluding steroid dienone is 1. The van der Waals surface area contributed by atoms with Crippen molar-refractivity contribution in [2.24, 2.45) is 11.3 Å². The highest BCUT2D eigenvalue weighted by Crippen LogP contribution is 2.38. The summed E-state index contributed by atoms with van der Waals surface area (Å²) in [7, 11) is 0. The van der Waals surface area contributed by atoms with Gasteiger partial charge in [0.1, 0.15) is 0 Å². The molecule has 1 atom stereocenters. The normalized spacial score (nSPS) is 16.1. The van der Waals surface area contributed by atoms with E-state index in [0.29, 0.717) is 11.3 Å². The minimum atomic E-state index is 0.160. The zero-order valence-electron chi connectivity index (χ0n) is 23.8. The second-order valence-corrected chi connectivity index (χ2v) is 13.8. The number of hydrogen-bond donors (Lipinski definition) is 1. The van der Waals surface area contributed by atoms with Gasteiger partial charge in [-0.1, -0.05) is 104 Å². The molecule has 1 unspecified atom stereocenters. The van der Waals surface area contributed by atoms with E-state index in [4.69, 9.17) is 0 Å². The number of nitrogens with one attached hydrogen (secondary N) is 1. The summed E-state index contributed by atoms with van der Waals surface area (Å²) in [5.41, 5.74) is 11.2. The highest BCUT2D eigenvalue weighted by Gasteiger charge is 2.28. The van der Waals surface area contributed by atoms with Gasteiger partial charge >= 0.3 is 0 Å². The van der Waals surface area contributed by atoms with Crippen LogP contribution in [-0.4, -0.2) is 0 Å². The second kappa shape index (κ2) is 9.58. The summed E-state index contributed by atoms with van der Waals surface area (Å²) in [5.74, 6) is 0.484. The summed E-state index contributed by atoms with van der Waals surface area (Å²) in [6.07, 6.45) is 3.34. The van der Waals surface area contributed by atoms with Crippen molar-refractivity contribution >= 4 is 16.9 Å². The molecule has 0 fully saturated rings. The van der Waals surface area contributed by atoms with Gasteiger partial charge < -0.3 is 5.32 Å². The maximum atomic E-state index is 4.51. The third-order valence-corrected chi connectivity index (χ3v) is 7.68. The monoisotopic (exact) mass is 479 g/mol. The van der Waals surface area contributed by atoms with Crippen molar-refractivity contribution in [2.45, 2.75) is 85.5 Å². The van der Waals surface area contributed by atoms with Crippen molar-refractivity contribution in [3.63, 3.8) is 0 Å². The Labute approximate surface area is 220 Å². The second-order valence-electron chi connectivity index (χ2n) is 13.8. The maximum absolute atomic E-state index is 4.51. The predicted octanol–water partition coefficient (Wildman–Crippen LogP) is 9.87. The molecule has 3 aromatic rings. The Bertz CT molecular complexity index is 1210. The van der Waals surface area contributed by atoms with Gasteiger partial charge in [-0.25, -0.2) is 0 Å². The average Bonchev–Trinajstić information content (AvgIpc) is 3.21. The molecule has 0 aromatic heterocycles. The van der Waals surface area contributed by atoms with Gasteiger partial charge in [-0.05, 0) is 99.1 Å². The summed E-state index contributed by atoms with van der Waals surface area (Å²) in [6, 6.07) is 24.8. The first-order chi connectivity index (χ1) is 16.7. The zero-order valence-corrected chi connectivity index (χ0v) is 23.8. The zero-order chi connectivity index (χ0) is 26.3. The molecule has 0 spiro atoms. The molecule has 1 nitrogen and oxygen atoms in total. The van der Waals surface area contributed by atoms with Crippen LogP contribution in [0.5, 0.6) is 0 Å². The maximum Gasteiger partial charge on any atom is 0.0384 e. The molecule has 0 saturated heterocycles. The van der Waals surface area contributed by atoms with E-state index >= 15 is 0 Å². The molecule has 1 N–H and O–H groups in total. The molecule has 0 aliphatic heterocycles. The van der Waals surface area contributed by atoms with Crippen LogP contribution in [0.15, 0.2) is 73.3 Å². The molecule has 1 heteroatoms. The molecule has 0 bridgehead atoms. The molecular weight excluding hydrogens is 434 g/mol. The van der Waals surface area contributed by atoms with Gasteiger partial charge in [0, 0.05) is 11.4 Å². The Balaban J connectivity index is 1.39. The van der Waals surface area contributed by atoms with Crippen molar-refractivity contribution in [2.75, 3.05) is 5.32 Å². The van der Waals surface area contributed by atoms with Crippen molar-refractivity contribution in [3.8, 4) is 0 Å². The first-order valence-corrected chi connectivity index (χ1v) is 13.5. The van der Waals surface area contributed by atoms with E-state index in [2.05, 4.69) is 134 Å². The lowest BCUT2D eigenvalue weighted by Crippen LogP contribution is -2.24. The summed E-state index contributed by atoms with van der Waals surface area (Å²) in [4.78, 5) is 0. The van der Waals surface area contributed by atoms with Gasteiger partial charge in [-0.3, -0.25) is 0 Å². The van der Waals surface area contributed by atoms with Crippen LogP contribution in [-0.2, 0) is 23.7 Å². The molecule has 1 aliphatic rings. The fourth-order valence-corrected chi connectivity index (χ4v) is 5.93. The van der Waals surface area contributed by atoms with E-state index in [9.17, 15) is 0 Å². The molecular formula is C35H45N. The van der Waals surface area contributed by atoms with Crippen molar-refractivity contribution < 1.29 is 0 Å². The lowest BCUT2D eigenvalue weighted by molar-refractivity contribution is 0.284. The Hall–Kier alpha value is -2.80. The number of fused-ring (bicyclic) bond motifs is 1. The number of rotatable bonds is 6. The van der Waals surface area contributed by atoms with Crippen LogP contribution in [0.25, 0.3) is 5.57 Å². The van der Waals surface area contributed by atoms with Gasteiger partial charge in [0.15, 0.2) is 0 Å². The van der Waals surface area contributed by atoms with Crippen LogP contribution in [0.2, 0.25) is 0 Å². The van der Waals surface area contributed by atoms with Crippen molar-refractivity contribution in [1.82, 2.24) is 0 Å². The van der Waals surface area contributed by atoms with Crippen molar-refractivity contribution in [3.05, 3.63) is 101 Å². The molecule has 0 heterocycles. The SMILES string of the molecule is C=C(c1ccc(Nc2ccc(C(C)(C)CC(C)(C)C)cc2)cc1)C1Cc2ccc(C(C)(C)C)cc2C1. The van der Waals surface area contributed by atoms with Gasteiger partial charge in [0.2, 0.25) is 0 Å². The van der Waals surface area contributed by atoms with Crippen LogP contribution < -0.4 is 5.32 Å². The van der Waals surface area contributed by atoms with E-state index < -0.39 is 0 Å².